The molecule has 0 radical (unpaired) electrons. The van der Waals surface area contributed by atoms with E-state index in [0.717, 1.165) is 29.5 Å². The van der Waals surface area contributed by atoms with Crippen molar-refractivity contribution in [3.8, 4) is 0 Å². The monoisotopic (exact) mass is 371 g/mol. The zero-order valence-corrected chi connectivity index (χ0v) is 14.8. The van der Waals surface area contributed by atoms with Gasteiger partial charge in [0.2, 0.25) is 0 Å². The molecular weight excluding hydrogens is 350 g/mol. The van der Waals surface area contributed by atoms with Gasteiger partial charge in [-0.1, -0.05) is 64.8 Å². The standard InChI is InChI=1S/C20H22BrNO/c21-18-11-9-17(10-12-18)20(23)19(22-13-5-2-6-14-22)15-16-7-3-1-4-8-16/h1,3-4,7-12,19H,2,5-6,13-15H2/t19-/m1/s1. The number of rotatable bonds is 5. The van der Waals surface area contributed by atoms with E-state index < -0.39 is 0 Å². The molecule has 3 rings (SSSR count). The summed E-state index contributed by atoms with van der Waals surface area (Å²) >= 11 is 3.44. The molecule has 0 bridgehead atoms. The van der Waals surface area contributed by atoms with E-state index in [2.05, 4.69) is 33.0 Å². The number of halogens is 1. The molecule has 1 aliphatic heterocycles. The Morgan fingerprint density at radius 2 is 1.61 bits per heavy atom. The summed E-state index contributed by atoms with van der Waals surface area (Å²) in [6, 6.07) is 18.0. The van der Waals surface area contributed by atoms with Crippen LogP contribution in [0.3, 0.4) is 0 Å². The molecule has 1 heterocycles. The van der Waals surface area contributed by atoms with Crippen LogP contribution in [0, 0.1) is 0 Å². The lowest BCUT2D eigenvalue weighted by atomic mass is 9.94. The number of nitrogens with zero attached hydrogens (tertiary/aromatic N) is 1. The molecule has 1 aliphatic rings. The Morgan fingerprint density at radius 3 is 2.26 bits per heavy atom. The van der Waals surface area contributed by atoms with Crippen molar-refractivity contribution < 1.29 is 4.79 Å². The van der Waals surface area contributed by atoms with E-state index in [1.54, 1.807) is 0 Å². The molecular formula is C20H22BrNO. The number of benzene rings is 2. The van der Waals surface area contributed by atoms with Crippen molar-refractivity contribution in [3.63, 3.8) is 0 Å². The average Bonchev–Trinajstić information content (AvgIpc) is 2.61. The molecule has 0 aromatic heterocycles. The van der Waals surface area contributed by atoms with Crippen molar-refractivity contribution in [2.75, 3.05) is 13.1 Å². The molecule has 0 amide bonds. The van der Waals surface area contributed by atoms with E-state index in [-0.39, 0.29) is 11.8 Å². The second kappa shape index (κ2) is 7.89. The summed E-state index contributed by atoms with van der Waals surface area (Å²) < 4.78 is 1.01. The van der Waals surface area contributed by atoms with Gasteiger partial charge in [-0.3, -0.25) is 9.69 Å². The molecule has 1 atom stereocenters. The van der Waals surface area contributed by atoms with E-state index in [0.29, 0.717) is 0 Å². The predicted molar refractivity (Wildman–Crippen MR) is 97.8 cm³/mol. The number of carbonyl (C=O) groups is 1. The summed E-state index contributed by atoms with van der Waals surface area (Å²) in [6.45, 7) is 2.06. The minimum Gasteiger partial charge on any atom is -0.293 e. The maximum absolute atomic E-state index is 13.1. The molecule has 23 heavy (non-hydrogen) atoms. The smallest absolute Gasteiger partial charge is 0.180 e. The summed E-state index contributed by atoms with van der Waals surface area (Å²) in [7, 11) is 0. The van der Waals surface area contributed by atoms with Gasteiger partial charge in [0.05, 0.1) is 6.04 Å². The van der Waals surface area contributed by atoms with Gasteiger partial charge in [-0.2, -0.15) is 0 Å². The normalized spacial score (nSPS) is 16.9. The molecule has 0 saturated carbocycles. The lowest BCUT2D eigenvalue weighted by Gasteiger charge is -2.33. The van der Waals surface area contributed by atoms with Gasteiger partial charge in [0.25, 0.3) is 0 Å². The third-order valence-corrected chi connectivity index (χ3v) is 5.06. The molecule has 2 aromatic carbocycles. The van der Waals surface area contributed by atoms with Gasteiger partial charge in [-0.05, 0) is 50.0 Å². The van der Waals surface area contributed by atoms with Crippen LogP contribution in [-0.4, -0.2) is 29.8 Å². The van der Waals surface area contributed by atoms with E-state index >= 15 is 0 Å². The van der Waals surface area contributed by atoms with Gasteiger partial charge in [0, 0.05) is 10.0 Å². The van der Waals surface area contributed by atoms with Gasteiger partial charge in [0.1, 0.15) is 0 Å². The van der Waals surface area contributed by atoms with Crippen molar-refractivity contribution in [1.82, 2.24) is 4.90 Å². The van der Waals surface area contributed by atoms with E-state index in [9.17, 15) is 4.79 Å². The number of hydrogen-bond acceptors (Lipinski definition) is 2. The first kappa shape index (κ1) is 16.4. The Hall–Kier alpha value is -1.45. The van der Waals surface area contributed by atoms with Crippen LogP contribution < -0.4 is 0 Å². The summed E-state index contributed by atoms with van der Waals surface area (Å²) in [6.07, 6.45) is 4.45. The highest BCUT2D eigenvalue weighted by atomic mass is 79.9. The van der Waals surface area contributed by atoms with E-state index in [1.165, 1.54) is 24.8 Å². The molecule has 0 unspecified atom stereocenters. The quantitative estimate of drug-likeness (QED) is 0.708. The number of likely N-dealkylation sites (tertiary alicyclic amines) is 1. The highest BCUT2D eigenvalue weighted by molar-refractivity contribution is 9.10. The SMILES string of the molecule is O=C(c1ccc(Br)cc1)[C@@H](Cc1ccccc1)N1CCCCC1. The van der Waals surface area contributed by atoms with Crippen LogP contribution in [0.4, 0.5) is 0 Å². The minimum absolute atomic E-state index is 0.0566. The van der Waals surface area contributed by atoms with Crippen molar-refractivity contribution in [2.24, 2.45) is 0 Å². The second-order valence-electron chi connectivity index (χ2n) is 6.17. The summed E-state index contributed by atoms with van der Waals surface area (Å²) in [4.78, 5) is 15.5. The fraction of sp³-hybridized carbons (Fsp3) is 0.350. The molecule has 3 heteroatoms. The second-order valence-corrected chi connectivity index (χ2v) is 7.09. The number of Topliss-reactive ketones (excluding diaryl/α,β-unsaturated/α-hetero) is 1. The molecule has 1 fully saturated rings. The number of hydrogen-bond donors (Lipinski definition) is 0. The Balaban J connectivity index is 1.84. The van der Waals surface area contributed by atoms with Crippen LogP contribution in [-0.2, 0) is 6.42 Å². The number of carbonyl (C=O) groups excluding carboxylic acids is 1. The van der Waals surface area contributed by atoms with Crippen molar-refractivity contribution in [3.05, 3.63) is 70.2 Å². The minimum atomic E-state index is -0.0566. The zero-order valence-electron chi connectivity index (χ0n) is 13.2. The number of ketones is 1. The van der Waals surface area contributed by atoms with Gasteiger partial charge < -0.3 is 0 Å². The van der Waals surface area contributed by atoms with Gasteiger partial charge in [-0.15, -0.1) is 0 Å². The van der Waals surface area contributed by atoms with Crippen LogP contribution in [0.1, 0.15) is 35.2 Å². The molecule has 2 nitrogen and oxygen atoms in total. The lowest BCUT2D eigenvalue weighted by molar-refractivity contribution is 0.0783. The number of piperidine rings is 1. The average molecular weight is 372 g/mol. The molecule has 0 N–H and O–H groups in total. The van der Waals surface area contributed by atoms with E-state index in [4.69, 9.17) is 0 Å². The van der Waals surface area contributed by atoms with Gasteiger partial charge in [-0.25, -0.2) is 0 Å². The van der Waals surface area contributed by atoms with Crippen LogP contribution in [0.5, 0.6) is 0 Å². The molecule has 120 valence electrons. The van der Waals surface area contributed by atoms with E-state index in [1.807, 2.05) is 42.5 Å². The third kappa shape index (κ3) is 4.30. The highest BCUT2D eigenvalue weighted by Gasteiger charge is 2.28. The predicted octanol–water partition coefficient (Wildman–Crippen LogP) is 4.73. The summed E-state index contributed by atoms with van der Waals surface area (Å²) in [5.41, 5.74) is 2.04. The Kier molecular flexibility index (Phi) is 5.63. The van der Waals surface area contributed by atoms with Crippen LogP contribution >= 0.6 is 15.9 Å². The fourth-order valence-electron chi connectivity index (χ4n) is 3.26. The Labute approximate surface area is 146 Å². The van der Waals surface area contributed by atoms with Crippen LogP contribution in [0.2, 0.25) is 0 Å². The van der Waals surface area contributed by atoms with Gasteiger partial charge in [0.15, 0.2) is 5.78 Å². The Morgan fingerprint density at radius 1 is 0.957 bits per heavy atom. The molecule has 0 spiro atoms. The van der Waals surface area contributed by atoms with Crippen molar-refractivity contribution in [2.45, 2.75) is 31.7 Å². The first-order chi connectivity index (χ1) is 11.2. The van der Waals surface area contributed by atoms with Crippen LogP contribution in [0.15, 0.2) is 59.1 Å². The fourth-order valence-corrected chi connectivity index (χ4v) is 3.53. The molecule has 2 aromatic rings. The topological polar surface area (TPSA) is 20.3 Å². The summed E-state index contributed by atoms with van der Waals surface area (Å²) in [5.74, 6) is 0.239. The van der Waals surface area contributed by atoms with Gasteiger partial charge >= 0.3 is 0 Å². The molecule has 0 aliphatic carbocycles. The zero-order chi connectivity index (χ0) is 16.1. The first-order valence-electron chi connectivity index (χ1n) is 8.32. The maximum Gasteiger partial charge on any atom is 0.180 e. The molecule has 1 saturated heterocycles. The third-order valence-electron chi connectivity index (χ3n) is 4.53. The summed E-state index contributed by atoms with van der Waals surface area (Å²) in [5, 5.41) is 0. The maximum atomic E-state index is 13.1. The lowest BCUT2D eigenvalue weighted by Crippen LogP contribution is -2.45. The van der Waals surface area contributed by atoms with Crippen molar-refractivity contribution >= 4 is 21.7 Å². The largest absolute Gasteiger partial charge is 0.293 e. The van der Waals surface area contributed by atoms with Crippen LogP contribution in [0.25, 0.3) is 0 Å². The Bertz CT molecular complexity index is 632. The first-order valence-corrected chi connectivity index (χ1v) is 9.11. The highest BCUT2D eigenvalue weighted by Crippen LogP contribution is 2.20. The van der Waals surface area contributed by atoms with Crippen molar-refractivity contribution in [1.29, 1.82) is 0 Å².